The Hall–Kier alpha value is -15.6. The predicted molar refractivity (Wildman–Crippen MR) is 614 cm³/mol. The highest BCUT2D eigenvalue weighted by Crippen LogP contribution is 2.48. The highest BCUT2D eigenvalue weighted by atomic mass is 14.3. The first-order valence-electron chi connectivity index (χ1n) is 51.8. The summed E-state index contributed by atoms with van der Waals surface area (Å²) in [6.07, 6.45) is 8.66. The molecule has 0 saturated heterocycles. The Bertz CT molecular complexity index is 7930. The molecule has 0 spiro atoms. The third-order valence-electron chi connectivity index (χ3n) is 30.3. The highest BCUT2D eigenvalue weighted by molar-refractivity contribution is 5.89. The number of hydrogen-bond acceptors (Lipinski definition) is 0. The first-order chi connectivity index (χ1) is 69.9. The van der Waals surface area contributed by atoms with Crippen LogP contribution < -0.4 is 0 Å². The van der Waals surface area contributed by atoms with Gasteiger partial charge in [-0.2, -0.15) is 0 Å². The maximum Gasteiger partial charge on any atom is -0.00134 e. The van der Waals surface area contributed by atoms with Gasteiger partial charge < -0.3 is 0 Å². The van der Waals surface area contributed by atoms with E-state index in [-0.39, 0.29) is 16.2 Å². The van der Waals surface area contributed by atoms with Gasteiger partial charge in [-0.1, -0.05) is 503 Å². The van der Waals surface area contributed by atoms with Gasteiger partial charge in [0, 0.05) is 0 Å². The SMILES string of the molecule is CC(C)(C)c1ccc2c(c1)-c1cc(C(C)(C)C)ccc1C2.CC(C)(C)c1ccc2c(c1)-c1ccccc1C2.Cc1ccc2c(c1)-c1cc(-c3ccccc3)ccc1C2.Cc1ccc2c(c1)-c1cc(C)ccc1C2.Cc1ccc2c(c1)-c1ccccc1C2.c1ccc(-c2ccc3c(c2)-c2cc(-c4ccccc4)ccc2C3)cc1.c1ccc(-c2ccc3c(c2)-c2ccccc2C3)cc1.c1ccc2c(c1)Cc1ccccc1-2. The summed E-state index contributed by atoms with van der Waals surface area (Å²) in [4.78, 5) is 0. The maximum atomic E-state index is 2.41. The second-order valence-corrected chi connectivity index (χ2v) is 43.7. The zero-order valence-corrected chi connectivity index (χ0v) is 85.8. The molecule has 8 aliphatic rings. The van der Waals surface area contributed by atoms with Crippen LogP contribution in [0.5, 0.6) is 0 Å². The van der Waals surface area contributed by atoms with Crippen LogP contribution in [0.4, 0.5) is 0 Å². The summed E-state index contributed by atoms with van der Waals surface area (Å²) in [5.41, 5.74) is 66.7. The van der Waals surface area contributed by atoms with Crippen LogP contribution in [0.2, 0.25) is 0 Å². The molecule has 0 amide bonds. The Morgan fingerprint density at radius 3 is 0.479 bits per heavy atom. The van der Waals surface area contributed by atoms with Crippen LogP contribution in [0.3, 0.4) is 0 Å². The van der Waals surface area contributed by atoms with Gasteiger partial charge in [0.25, 0.3) is 0 Å². The molecule has 0 nitrogen and oxygen atoms in total. The molecular formula is C144H128. The first kappa shape index (κ1) is 94.6. The van der Waals surface area contributed by atoms with Crippen LogP contribution in [0.25, 0.3) is 134 Å². The summed E-state index contributed by atoms with van der Waals surface area (Å²) >= 11 is 0. The lowest BCUT2D eigenvalue weighted by Crippen LogP contribution is -2.11. The van der Waals surface area contributed by atoms with E-state index in [1.54, 1.807) is 0 Å². The number of hydrogen-bond donors (Lipinski definition) is 0. The standard InChI is InChI=1S/C25H18.C21H26.C20H16.C19H14.C17H18.C15H14.C14H12.C13H10/c1-3-7-18(8-4-1)20-11-13-22-15-23-14-12-21(17-25(23)24(22)16-20)19-9-5-2-6-10-19;1-20(2,3)16-9-7-14-11-15-8-10-17(21(4,5)6)13-19(15)18(14)12-16;1-14-7-8-17-12-18-10-9-16(13-20(18)19(17)11-14)15-5-3-2-4-6-15;1-2-6-14(7-3-1)15-10-11-17-12-16-8-4-5-9-18(16)19(17)13-15;1-17(2,3)14-9-8-13-10-12-6-4-5-7-15(12)16(13)11-14;1-10-3-5-12-9-13-6-4-11(2)8-15(13)14(12)7-10;1-10-6-7-12-9-11-4-2-3-5-13(11)14(12)8-10;1-3-7-12-10(5-1)9-11-6-2-4-8-13(11)12/h1-14,16-17H,15H2;7-10,12-13H,11H2,1-6H3;2-11,13H,12H2,1H3;1-11,13H,12H2;4-9,11H,10H2,1-3H3;3-8H,9H2,1-2H3;2-8H,9H2,1H3;1-8H,9H2. The average Bonchev–Trinajstić information content (AvgIpc) is 1.61. The molecule has 20 aromatic rings. The monoisotopic (exact) mass is 1860 g/mol. The van der Waals surface area contributed by atoms with E-state index in [1.807, 2.05) is 0 Å². The quantitative estimate of drug-likeness (QED) is 0.165. The van der Waals surface area contributed by atoms with Gasteiger partial charge in [0.2, 0.25) is 0 Å². The van der Waals surface area contributed by atoms with E-state index >= 15 is 0 Å². The lowest BCUT2D eigenvalue weighted by atomic mass is 9.83. The van der Waals surface area contributed by atoms with Crippen molar-refractivity contribution in [2.75, 3.05) is 0 Å². The van der Waals surface area contributed by atoms with E-state index in [4.69, 9.17) is 0 Å². The molecule has 0 N–H and O–H groups in total. The van der Waals surface area contributed by atoms with Crippen LogP contribution in [0, 0.1) is 27.7 Å². The van der Waals surface area contributed by atoms with Crippen molar-refractivity contribution in [2.45, 2.75) is 158 Å². The van der Waals surface area contributed by atoms with Gasteiger partial charge in [0.1, 0.15) is 0 Å². The Balaban J connectivity index is 0.0000000977. The lowest BCUT2D eigenvalue weighted by molar-refractivity contribution is 0.589. The normalized spacial score (nSPS) is 12.5. The Kier molecular flexibility index (Phi) is 26.6. The first-order valence-corrected chi connectivity index (χ1v) is 51.8. The fourth-order valence-electron chi connectivity index (χ4n) is 22.2. The molecule has 20 aromatic carbocycles. The fourth-order valence-corrected chi connectivity index (χ4v) is 22.2. The molecule has 8 aliphatic carbocycles. The summed E-state index contributed by atoms with van der Waals surface area (Å²) in [6.45, 7) is 29.2. The largest absolute Gasteiger partial charge is 0.0622 e. The van der Waals surface area contributed by atoms with E-state index in [0.29, 0.717) is 0 Å². The van der Waals surface area contributed by atoms with Gasteiger partial charge in [0.05, 0.1) is 0 Å². The van der Waals surface area contributed by atoms with Crippen LogP contribution in [-0.2, 0) is 67.6 Å². The van der Waals surface area contributed by atoms with E-state index in [1.165, 1.54) is 261 Å². The fraction of sp³-hybridized carbons (Fsp3) is 0.167. The molecule has 0 fully saturated rings. The summed E-state index contributed by atoms with van der Waals surface area (Å²) < 4.78 is 0. The van der Waals surface area contributed by atoms with E-state index in [2.05, 4.69) is 533 Å². The molecule has 0 aromatic heterocycles. The lowest BCUT2D eigenvalue weighted by Gasteiger charge is -2.21. The number of fused-ring (bicyclic) bond motifs is 24. The third kappa shape index (κ3) is 20.4. The Labute approximate surface area is 855 Å². The van der Waals surface area contributed by atoms with Crippen molar-refractivity contribution >= 4 is 0 Å². The molecule has 0 unspecified atom stereocenters. The number of benzene rings is 20. The minimum absolute atomic E-state index is 0.208. The molecule has 0 heteroatoms. The van der Waals surface area contributed by atoms with Crippen LogP contribution in [0.15, 0.2) is 443 Å². The number of rotatable bonds is 4. The van der Waals surface area contributed by atoms with Crippen molar-refractivity contribution < 1.29 is 0 Å². The zero-order valence-electron chi connectivity index (χ0n) is 85.8. The molecule has 0 atom stereocenters. The zero-order chi connectivity index (χ0) is 98.9. The van der Waals surface area contributed by atoms with Crippen LogP contribution in [0.1, 0.15) is 190 Å². The van der Waals surface area contributed by atoms with E-state index < -0.39 is 0 Å². The molecule has 144 heavy (non-hydrogen) atoms. The summed E-state index contributed by atoms with van der Waals surface area (Å²) in [6, 6.07) is 162. The second kappa shape index (κ2) is 40.4. The maximum absolute atomic E-state index is 2.41. The Morgan fingerprint density at radius 2 is 0.264 bits per heavy atom. The van der Waals surface area contributed by atoms with Gasteiger partial charge in [-0.15, -0.1) is 0 Å². The van der Waals surface area contributed by atoms with Crippen molar-refractivity contribution in [3.63, 3.8) is 0 Å². The molecular weight excluding hydrogens is 1730 g/mol. The minimum Gasteiger partial charge on any atom is -0.0622 e. The Morgan fingerprint density at radius 1 is 0.118 bits per heavy atom. The molecule has 0 bridgehead atoms. The minimum atomic E-state index is 0.208. The van der Waals surface area contributed by atoms with Crippen molar-refractivity contribution in [3.8, 4) is 134 Å². The molecule has 0 saturated carbocycles. The summed E-state index contributed by atoms with van der Waals surface area (Å²) in [5.74, 6) is 0. The summed E-state index contributed by atoms with van der Waals surface area (Å²) in [7, 11) is 0. The number of aryl methyl sites for hydroxylation is 4. The molecule has 0 aliphatic heterocycles. The second-order valence-electron chi connectivity index (χ2n) is 43.7. The van der Waals surface area contributed by atoms with Gasteiger partial charge in [-0.05, 0) is 359 Å². The third-order valence-corrected chi connectivity index (χ3v) is 30.3. The van der Waals surface area contributed by atoms with E-state index in [9.17, 15) is 0 Å². The van der Waals surface area contributed by atoms with Gasteiger partial charge in [0.15, 0.2) is 0 Å². The average molecular weight is 1860 g/mol. The van der Waals surface area contributed by atoms with Crippen molar-refractivity contribution in [3.05, 3.63) is 571 Å². The van der Waals surface area contributed by atoms with Crippen LogP contribution in [-0.4, -0.2) is 0 Å². The molecule has 28 rings (SSSR count). The summed E-state index contributed by atoms with van der Waals surface area (Å²) in [5, 5.41) is 0. The molecule has 0 heterocycles. The van der Waals surface area contributed by atoms with E-state index in [0.717, 1.165) is 51.4 Å². The van der Waals surface area contributed by atoms with Gasteiger partial charge >= 0.3 is 0 Å². The predicted octanol–water partition coefficient (Wildman–Crippen LogP) is 37.9. The smallest absolute Gasteiger partial charge is 0.00134 e. The van der Waals surface area contributed by atoms with Crippen molar-refractivity contribution in [2.24, 2.45) is 0 Å². The van der Waals surface area contributed by atoms with Gasteiger partial charge in [-0.25, -0.2) is 0 Å². The topological polar surface area (TPSA) is 0 Å². The van der Waals surface area contributed by atoms with Crippen molar-refractivity contribution in [1.82, 2.24) is 0 Å². The van der Waals surface area contributed by atoms with Gasteiger partial charge in [-0.3, -0.25) is 0 Å². The molecule has 704 valence electrons. The highest BCUT2D eigenvalue weighted by Gasteiger charge is 2.29. The van der Waals surface area contributed by atoms with Crippen LogP contribution >= 0.6 is 0 Å². The molecule has 0 radical (unpaired) electrons. The van der Waals surface area contributed by atoms with Crippen molar-refractivity contribution in [1.29, 1.82) is 0 Å².